The minimum absolute atomic E-state index is 0.0866. The highest BCUT2D eigenvalue weighted by molar-refractivity contribution is 5.33. The van der Waals surface area contributed by atoms with Crippen molar-refractivity contribution in [2.75, 3.05) is 0 Å². The molecule has 1 atom stereocenters. The third-order valence-corrected chi connectivity index (χ3v) is 9.28. The molecular weight excluding hydrogens is 398 g/mol. The molecule has 0 spiro atoms. The number of hydrogen-bond donors (Lipinski definition) is 0. The van der Waals surface area contributed by atoms with Gasteiger partial charge in [-0.3, -0.25) is 0 Å². The molecule has 33 heavy (non-hydrogen) atoms. The van der Waals surface area contributed by atoms with E-state index in [1.807, 2.05) is 0 Å². The summed E-state index contributed by atoms with van der Waals surface area (Å²) >= 11 is 0. The molecule has 1 aromatic rings. The van der Waals surface area contributed by atoms with E-state index in [2.05, 4.69) is 44.2 Å². The van der Waals surface area contributed by atoms with Crippen molar-refractivity contribution in [3.63, 3.8) is 0 Å². The second-order valence-electron chi connectivity index (χ2n) is 11.6. The summed E-state index contributed by atoms with van der Waals surface area (Å²) in [6.45, 7) is 4.61. The largest absolute Gasteiger partial charge is 0.198 e. The first-order chi connectivity index (χ1) is 16.2. The van der Waals surface area contributed by atoms with Gasteiger partial charge in [0, 0.05) is 5.41 Å². The van der Waals surface area contributed by atoms with Gasteiger partial charge in [-0.15, -0.1) is 0 Å². The lowest BCUT2D eigenvalue weighted by molar-refractivity contribution is 0.0973. The number of nitriles is 1. The molecule has 1 aromatic carbocycles. The van der Waals surface area contributed by atoms with Gasteiger partial charge in [-0.2, -0.15) is 5.26 Å². The predicted molar refractivity (Wildman–Crippen MR) is 142 cm³/mol. The van der Waals surface area contributed by atoms with Gasteiger partial charge in [0.2, 0.25) is 0 Å². The van der Waals surface area contributed by atoms with Crippen LogP contribution >= 0.6 is 0 Å². The van der Waals surface area contributed by atoms with Gasteiger partial charge in [-0.25, -0.2) is 0 Å². The van der Waals surface area contributed by atoms with Crippen LogP contribution in [0.25, 0.3) is 0 Å². The topological polar surface area (TPSA) is 23.8 Å². The molecule has 3 rings (SSSR count). The van der Waals surface area contributed by atoms with Crippen molar-refractivity contribution in [1.29, 1.82) is 5.26 Å². The van der Waals surface area contributed by atoms with Gasteiger partial charge in [0.15, 0.2) is 0 Å². The molecule has 0 radical (unpaired) electrons. The van der Waals surface area contributed by atoms with Crippen LogP contribution in [0.4, 0.5) is 0 Å². The van der Waals surface area contributed by atoms with Crippen LogP contribution in [0.2, 0.25) is 0 Å². The van der Waals surface area contributed by atoms with Gasteiger partial charge in [0.1, 0.15) is 0 Å². The van der Waals surface area contributed by atoms with Crippen LogP contribution in [0.1, 0.15) is 147 Å². The number of unbranched alkanes of at least 4 members (excludes halogenated alkanes) is 5. The molecule has 2 saturated carbocycles. The Labute approximate surface area is 205 Å². The SMILES string of the molecule is CCCCCCCc1ccc(C2(C(C#N)CC3(CCCC)CCCCC3)CCCCC2)cc1. The minimum Gasteiger partial charge on any atom is -0.198 e. The number of rotatable bonds is 13. The number of aryl methyl sites for hydroxylation is 1. The monoisotopic (exact) mass is 449 g/mol. The van der Waals surface area contributed by atoms with E-state index >= 15 is 0 Å². The molecule has 184 valence electrons. The van der Waals surface area contributed by atoms with Crippen LogP contribution in [-0.4, -0.2) is 0 Å². The number of benzene rings is 1. The molecule has 1 heteroatoms. The summed E-state index contributed by atoms with van der Waals surface area (Å²) in [7, 11) is 0. The summed E-state index contributed by atoms with van der Waals surface area (Å²) in [5.74, 6) is 0.174. The molecule has 0 amide bonds. The fraction of sp³-hybridized carbons (Fsp3) is 0.781. The van der Waals surface area contributed by atoms with Crippen molar-refractivity contribution in [2.45, 2.75) is 148 Å². The molecule has 0 aromatic heterocycles. The summed E-state index contributed by atoms with van der Waals surface area (Å²) in [4.78, 5) is 0. The maximum atomic E-state index is 10.6. The first-order valence-electron chi connectivity index (χ1n) is 14.7. The quantitative estimate of drug-likeness (QED) is 0.275. The Hall–Kier alpha value is -1.29. The molecule has 2 aliphatic carbocycles. The maximum Gasteiger partial charge on any atom is 0.0665 e. The molecule has 0 bridgehead atoms. The Kier molecular flexibility index (Phi) is 10.8. The highest BCUT2D eigenvalue weighted by Gasteiger charge is 2.45. The summed E-state index contributed by atoms with van der Waals surface area (Å²) in [6, 6.07) is 12.6. The van der Waals surface area contributed by atoms with E-state index in [0.29, 0.717) is 5.41 Å². The summed E-state index contributed by atoms with van der Waals surface area (Å²) in [6.07, 6.45) is 26.3. The average molecular weight is 450 g/mol. The second-order valence-corrected chi connectivity index (χ2v) is 11.6. The highest BCUT2D eigenvalue weighted by Crippen LogP contribution is 2.53. The second kappa shape index (κ2) is 13.6. The van der Waals surface area contributed by atoms with Gasteiger partial charge < -0.3 is 0 Å². The Balaban J connectivity index is 1.77. The highest BCUT2D eigenvalue weighted by atomic mass is 14.5. The van der Waals surface area contributed by atoms with Gasteiger partial charge >= 0.3 is 0 Å². The van der Waals surface area contributed by atoms with E-state index in [1.54, 1.807) is 0 Å². The first kappa shape index (κ1) is 26.3. The number of hydrogen-bond acceptors (Lipinski definition) is 1. The molecule has 0 N–H and O–H groups in total. The lowest BCUT2D eigenvalue weighted by Gasteiger charge is -2.47. The molecule has 1 unspecified atom stereocenters. The third kappa shape index (κ3) is 7.10. The molecule has 2 fully saturated rings. The molecule has 2 aliphatic rings. The zero-order valence-corrected chi connectivity index (χ0v) is 22.0. The Morgan fingerprint density at radius 1 is 0.758 bits per heavy atom. The van der Waals surface area contributed by atoms with Crippen molar-refractivity contribution in [3.05, 3.63) is 35.4 Å². The summed E-state index contributed by atoms with van der Waals surface area (Å²) < 4.78 is 0. The van der Waals surface area contributed by atoms with E-state index in [0.717, 1.165) is 6.42 Å². The predicted octanol–water partition coefficient (Wildman–Crippen LogP) is 10.1. The van der Waals surface area contributed by atoms with Crippen LogP contribution in [-0.2, 0) is 11.8 Å². The normalized spacial score (nSPS) is 20.8. The molecule has 0 heterocycles. The maximum absolute atomic E-state index is 10.6. The Morgan fingerprint density at radius 2 is 1.36 bits per heavy atom. The fourth-order valence-corrected chi connectivity index (χ4v) is 7.16. The summed E-state index contributed by atoms with van der Waals surface area (Å²) in [5, 5.41) is 10.6. The van der Waals surface area contributed by atoms with E-state index in [1.165, 1.54) is 133 Å². The molecule has 0 aliphatic heterocycles. The van der Waals surface area contributed by atoms with Crippen LogP contribution in [0.5, 0.6) is 0 Å². The zero-order chi connectivity index (χ0) is 23.4. The summed E-state index contributed by atoms with van der Waals surface area (Å²) in [5.41, 5.74) is 3.48. The fourth-order valence-electron chi connectivity index (χ4n) is 7.16. The van der Waals surface area contributed by atoms with Gasteiger partial charge in [-0.05, 0) is 67.9 Å². The van der Waals surface area contributed by atoms with Crippen LogP contribution in [0, 0.1) is 22.7 Å². The van der Waals surface area contributed by atoms with Crippen LogP contribution in [0.15, 0.2) is 24.3 Å². The van der Waals surface area contributed by atoms with Crippen molar-refractivity contribution < 1.29 is 0 Å². The number of nitrogens with zero attached hydrogens (tertiary/aromatic N) is 1. The lowest BCUT2D eigenvalue weighted by atomic mass is 9.56. The van der Waals surface area contributed by atoms with Crippen LogP contribution in [0.3, 0.4) is 0 Å². The standard InChI is InChI=1S/C32H51N/c1-3-5-7-8-11-16-28-17-19-29(20-18-28)32(24-14-10-15-25-32)30(27-33)26-31(21-6-4-2)22-12-9-13-23-31/h17-20,30H,3-16,21-26H2,1-2H3. The van der Waals surface area contributed by atoms with E-state index in [4.69, 9.17) is 0 Å². The Morgan fingerprint density at radius 3 is 1.97 bits per heavy atom. The lowest BCUT2D eigenvalue weighted by Crippen LogP contribution is -2.40. The first-order valence-corrected chi connectivity index (χ1v) is 14.7. The molecule has 0 saturated heterocycles. The molecular formula is C32H51N. The smallest absolute Gasteiger partial charge is 0.0665 e. The van der Waals surface area contributed by atoms with Gasteiger partial charge in [0.05, 0.1) is 12.0 Å². The minimum atomic E-state index is 0.0866. The van der Waals surface area contributed by atoms with E-state index in [-0.39, 0.29) is 11.3 Å². The van der Waals surface area contributed by atoms with E-state index in [9.17, 15) is 5.26 Å². The van der Waals surface area contributed by atoms with Crippen molar-refractivity contribution in [2.24, 2.45) is 11.3 Å². The van der Waals surface area contributed by atoms with Crippen molar-refractivity contribution in [3.8, 4) is 6.07 Å². The van der Waals surface area contributed by atoms with Crippen LogP contribution < -0.4 is 0 Å². The Bertz CT molecular complexity index is 697. The molecule has 1 nitrogen and oxygen atoms in total. The van der Waals surface area contributed by atoms with Gasteiger partial charge in [0.25, 0.3) is 0 Å². The van der Waals surface area contributed by atoms with Gasteiger partial charge in [-0.1, -0.05) is 115 Å². The van der Waals surface area contributed by atoms with Crippen molar-refractivity contribution >= 4 is 0 Å². The third-order valence-electron chi connectivity index (χ3n) is 9.28. The van der Waals surface area contributed by atoms with Crippen molar-refractivity contribution in [1.82, 2.24) is 0 Å². The zero-order valence-electron chi connectivity index (χ0n) is 22.0. The van der Waals surface area contributed by atoms with E-state index < -0.39 is 0 Å². The average Bonchev–Trinajstić information content (AvgIpc) is 2.87.